The molecule has 0 N–H and O–H groups in total. The SMILES string of the molecule is Cc1onc(C(C)C)c1C(=O)N1CCOC(c2nccnc2N(C)C)C1. The smallest absolute Gasteiger partial charge is 0.259 e. The third-order valence-electron chi connectivity index (χ3n) is 4.44. The molecule has 2 aromatic heterocycles. The summed E-state index contributed by atoms with van der Waals surface area (Å²) < 4.78 is 11.2. The standard InChI is InChI=1S/C18H25N5O3/c1-11(2)15-14(12(3)26-21-15)18(24)23-8-9-25-13(10-23)16-17(22(4)5)20-7-6-19-16/h6-7,11,13H,8-10H2,1-5H3. The quantitative estimate of drug-likeness (QED) is 0.827. The number of aryl methyl sites for hydroxylation is 1. The zero-order valence-corrected chi connectivity index (χ0v) is 15.9. The number of rotatable bonds is 4. The van der Waals surface area contributed by atoms with Crippen LogP contribution < -0.4 is 4.90 Å². The van der Waals surface area contributed by atoms with Crippen LogP contribution in [0, 0.1) is 6.92 Å². The van der Waals surface area contributed by atoms with Crippen molar-refractivity contribution in [1.82, 2.24) is 20.0 Å². The molecule has 0 spiro atoms. The van der Waals surface area contributed by atoms with E-state index >= 15 is 0 Å². The van der Waals surface area contributed by atoms with Gasteiger partial charge < -0.3 is 19.1 Å². The molecule has 1 aliphatic rings. The van der Waals surface area contributed by atoms with E-state index in [-0.39, 0.29) is 17.9 Å². The van der Waals surface area contributed by atoms with E-state index in [4.69, 9.17) is 9.26 Å². The van der Waals surface area contributed by atoms with Crippen LogP contribution in [0.4, 0.5) is 5.82 Å². The minimum absolute atomic E-state index is 0.0731. The summed E-state index contributed by atoms with van der Waals surface area (Å²) in [5.41, 5.74) is 2.00. The zero-order chi connectivity index (χ0) is 18.8. The lowest BCUT2D eigenvalue weighted by atomic mass is 10.0. The Morgan fingerprint density at radius 1 is 1.31 bits per heavy atom. The van der Waals surface area contributed by atoms with Gasteiger partial charge in [-0.3, -0.25) is 9.78 Å². The molecule has 0 aliphatic carbocycles. The van der Waals surface area contributed by atoms with Crippen LogP contribution in [0.2, 0.25) is 0 Å². The molecule has 0 radical (unpaired) electrons. The molecule has 1 unspecified atom stereocenters. The molecule has 26 heavy (non-hydrogen) atoms. The summed E-state index contributed by atoms with van der Waals surface area (Å²) >= 11 is 0. The molecule has 0 saturated carbocycles. The third kappa shape index (κ3) is 3.41. The number of carbonyl (C=O) groups excluding carboxylic acids is 1. The normalized spacial score (nSPS) is 17.6. The van der Waals surface area contributed by atoms with E-state index in [2.05, 4.69) is 15.1 Å². The van der Waals surface area contributed by atoms with Gasteiger partial charge in [-0.25, -0.2) is 4.98 Å². The Kier molecular flexibility index (Phi) is 5.22. The van der Waals surface area contributed by atoms with Crippen molar-refractivity contribution in [2.24, 2.45) is 0 Å². The topological polar surface area (TPSA) is 84.6 Å². The molecule has 1 fully saturated rings. The molecular weight excluding hydrogens is 334 g/mol. The van der Waals surface area contributed by atoms with Gasteiger partial charge in [-0.05, 0) is 12.8 Å². The van der Waals surface area contributed by atoms with Crippen LogP contribution in [0.3, 0.4) is 0 Å². The van der Waals surface area contributed by atoms with E-state index in [1.165, 1.54) is 0 Å². The maximum atomic E-state index is 13.1. The molecule has 1 saturated heterocycles. The summed E-state index contributed by atoms with van der Waals surface area (Å²) in [5.74, 6) is 1.34. The van der Waals surface area contributed by atoms with Crippen LogP contribution >= 0.6 is 0 Å². The lowest BCUT2D eigenvalue weighted by molar-refractivity contribution is -0.0247. The summed E-state index contributed by atoms with van der Waals surface area (Å²) in [6, 6.07) is 0. The molecule has 1 aliphatic heterocycles. The second kappa shape index (κ2) is 7.41. The number of anilines is 1. The minimum atomic E-state index is -0.318. The van der Waals surface area contributed by atoms with E-state index < -0.39 is 0 Å². The fourth-order valence-corrected chi connectivity index (χ4v) is 3.11. The Balaban J connectivity index is 1.86. The Morgan fingerprint density at radius 3 is 2.73 bits per heavy atom. The van der Waals surface area contributed by atoms with Crippen LogP contribution in [0.1, 0.15) is 53.4 Å². The van der Waals surface area contributed by atoms with Crippen LogP contribution in [-0.2, 0) is 4.74 Å². The van der Waals surface area contributed by atoms with Gasteiger partial charge >= 0.3 is 0 Å². The zero-order valence-electron chi connectivity index (χ0n) is 15.9. The van der Waals surface area contributed by atoms with Crippen molar-refractivity contribution in [3.63, 3.8) is 0 Å². The first-order chi connectivity index (χ1) is 12.4. The predicted molar refractivity (Wildman–Crippen MR) is 96.3 cm³/mol. The van der Waals surface area contributed by atoms with E-state index in [9.17, 15) is 4.79 Å². The Hall–Kier alpha value is -2.48. The van der Waals surface area contributed by atoms with Crippen LogP contribution in [0.5, 0.6) is 0 Å². The number of morpholine rings is 1. The molecule has 8 nitrogen and oxygen atoms in total. The molecule has 0 bridgehead atoms. The molecule has 1 atom stereocenters. The summed E-state index contributed by atoms with van der Waals surface area (Å²) in [4.78, 5) is 25.6. The highest BCUT2D eigenvalue weighted by Crippen LogP contribution is 2.29. The Labute approximate surface area is 153 Å². The minimum Gasteiger partial charge on any atom is -0.368 e. The van der Waals surface area contributed by atoms with E-state index in [1.807, 2.05) is 32.8 Å². The van der Waals surface area contributed by atoms with Gasteiger partial charge in [0.05, 0.1) is 18.8 Å². The number of hydrogen-bond acceptors (Lipinski definition) is 7. The van der Waals surface area contributed by atoms with E-state index in [1.54, 1.807) is 24.2 Å². The van der Waals surface area contributed by atoms with Crippen molar-refractivity contribution >= 4 is 11.7 Å². The average Bonchev–Trinajstić information content (AvgIpc) is 3.03. The number of aromatic nitrogens is 3. The average molecular weight is 359 g/mol. The number of nitrogens with zero attached hydrogens (tertiary/aromatic N) is 5. The molecule has 0 aromatic carbocycles. The number of ether oxygens (including phenoxy) is 1. The fourth-order valence-electron chi connectivity index (χ4n) is 3.11. The first kappa shape index (κ1) is 18.3. The number of carbonyl (C=O) groups is 1. The summed E-state index contributed by atoms with van der Waals surface area (Å²) in [7, 11) is 3.82. The first-order valence-electron chi connectivity index (χ1n) is 8.75. The summed E-state index contributed by atoms with van der Waals surface area (Å²) in [6.07, 6.45) is 2.98. The number of hydrogen-bond donors (Lipinski definition) is 0. The second-order valence-electron chi connectivity index (χ2n) is 6.92. The molecule has 3 rings (SSSR count). The highest BCUT2D eigenvalue weighted by Gasteiger charge is 2.32. The van der Waals surface area contributed by atoms with Crippen LogP contribution in [0.15, 0.2) is 16.9 Å². The van der Waals surface area contributed by atoms with E-state index in [0.717, 1.165) is 11.5 Å². The van der Waals surface area contributed by atoms with Gasteiger partial charge in [0.2, 0.25) is 0 Å². The van der Waals surface area contributed by atoms with Crippen molar-refractivity contribution in [1.29, 1.82) is 0 Å². The van der Waals surface area contributed by atoms with Gasteiger partial charge in [0.25, 0.3) is 5.91 Å². The van der Waals surface area contributed by atoms with Crippen molar-refractivity contribution < 1.29 is 14.1 Å². The maximum absolute atomic E-state index is 13.1. The van der Waals surface area contributed by atoms with E-state index in [0.29, 0.717) is 36.7 Å². The van der Waals surface area contributed by atoms with Crippen LogP contribution in [-0.4, -0.2) is 59.7 Å². The lowest BCUT2D eigenvalue weighted by Crippen LogP contribution is -2.43. The van der Waals surface area contributed by atoms with Gasteiger partial charge in [-0.1, -0.05) is 19.0 Å². The van der Waals surface area contributed by atoms with Gasteiger partial charge in [0.15, 0.2) is 5.82 Å². The second-order valence-corrected chi connectivity index (χ2v) is 6.92. The molecule has 1 amide bonds. The highest BCUT2D eigenvalue weighted by atomic mass is 16.5. The fraction of sp³-hybridized carbons (Fsp3) is 0.556. The van der Waals surface area contributed by atoms with Gasteiger partial charge in [0, 0.05) is 33.0 Å². The van der Waals surface area contributed by atoms with Gasteiger partial charge in [0.1, 0.15) is 23.1 Å². The number of amides is 1. The Morgan fingerprint density at radius 2 is 2.04 bits per heavy atom. The summed E-state index contributed by atoms with van der Waals surface area (Å²) in [5, 5.41) is 4.06. The molecule has 140 valence electrons. The monoisotopic (exact) mass is 359 g/mol. The summed E-state index contributed by atoms with van der Waals surface area (Å²) in [6.45, 7) is 7.16. The van der Waals surface area contributed by atoms with Crippen LogP contribution in [0.25, 0.3) is 0 Å². The van der Waals surface area contributed by atoms with Gasteiger partial charge in [-0.2, -0.15) is 0 Å². The molecule has 2 aromatic rings. The lowest BCUT2D eigenvalue weighted by Gasteiger charge is -2.33. The first-order valence-corrected chi connectivity index (χ1v) is 8.75. The van der Waals surface area contributed by atoms with Crippen molar-refractivity contribution in [2.75, 3.05) is 38.7 Å². The molecule has 3 heterocycles. The molecule has 8 heteroatoms. The third-order valence-corrected chi connectivity index (χ3v) is 4.44. The largest absolute Gasteiger partial charge is 0.368 e. The predicted octanol–water partition coefficient (Wildman–Crippen LogP) is 2.18. The Bertz CT molecular complexity index is 787. The van der Waals surface area contributed by atoms with Crippen molar-refractivity contribution in [2.45, 2.75) is 32.8 Å². The van der Waals surface area contributed by atoms with Gasteiger partial charge in [-0.15, -0.1) is 0 Å². The van der Waals surface area contributed by atoms with Crippen molar-refractivity contribution in [3.05, 3.63) is 35.1 Å². The maximum Gasteiger partial charge on any atom is 0.259 e. The molecular formula is C18H25N5O3. The highest BCUT2D eigenvalue weighted by molar-refractivity contribution is 5.96. The van der Waals surface area contributed by atoms with Crippen molar-refractivity contribution in [3.8, 4) is 0 Å².